The van der Waals surface area contributed by atoms with Crippen LogP contribution in [0.5, 0.6) is 0 Å². The minimum atomic E-state index is -0.443. The van der Waals surface area contributed by atoms with Crippen LogP contribution >= 0.6 is 0 Å². The van der Waals surface area contributed by atoms with Gasteiger partial charge in [0.2, 0.25) is 5.91 Å². The van der Waals surface area contributed by atoms with Crippen LogP contribution < -0.4 is 11.1 Å². The van der Waals surface area contributed by atoms with Crippen molar-refractivity contribution in [2.45, 2.75) is 32.2 Å². The molecule has 82 valence electrons. The first-order valence-electron chi connectivity index (χ1n) is 4.74. The second-order valence-electron chi connectivity index (χ2n) is 3.91. The standard InChI is InChI=1S/C10H20N2O2/c1-4-14-7-5-6-12-9(13)8-10(2,3)11/h4H,1,5-8,11H2,2-3H3,(H,12,13). The first kappa shape index (κ1) is 13.0. The summed E-state index contributed by atoms with van der Waals surface area (Å²) in [6.07, 6.45) is 2.52. The number of carbonyl (C=O) groups is 1. The van der Waals surface area contributed by atoms with Crippen molar-refractivity contribution in [2.75, 3.05) is 13.2 Å². The van der Waals surface area contributed by atoms with Crippen LogP contribution in [0, 0.1) is 0 Å². The third kappa shape index (κ3) is 9.06. The largest absolute Gasteiger partial charge is 0.502 e. The summed E-state index contributed by atoms with van der Waals surface area (Å²) in [5.41, 5.74) is 5.25. The zero-order chi connectivity index (χ0) is 11.0. The second kappa shape index (κ2) is 6.43. The summed E-state index contributed by atoms with van der Waals surface area (Å²) in [6, 6.07) is 0. The van der Waals surface area contributed by atoms with E-state index in [2.05, 4.69) is 11.9 Å². The molecule has 14 heavy (non-hydrogen) atoms. The monoisotopic (exact) mass is 200 g/mol. The van der Waals surface area contributed by atoms with Gasteiger partial charge in [-0.25, -0.2) is 0 Å². The lowest BCUT2D eigenvalue weighted by atomic mass is 10.0. The van der Waals surface area contributed by atoms with E-state index in [4.69, 9.17) is 10.5 Å². The molecule has 0 aliphatic rings. The van der Waals surface area contributed by atoms with Crippen molar-refractivity contribution < 1.29 is 9.53 Å². The Bertz CT molecular complexity index is 185. The maximum atomic E-state index is 11.2. The molecule has 0 bridgehead atoms. The molecular weight excluding hydrogens is 180 g/mol. The van der Waals surface area contributed by atoms with Crippen LogP contribution in [0.2, 0.25) is 0 Å². The molecule has 0 fully saturated rings. The highest BCUT2D eigenvalue weighted by atomic mass is 16.5. The molecule has 0 heterocycles. The van der Waals surface area contributed by atoms with Crippen LogP contribution in [0.15, 0.2) is 12.8 Å². The van der Waals surface area contributed by atoms with E-state index in [1.165, 1.54) is 6.26 Å². The smallest absolute Gasteiger partial charge is 0.221 e. The van der Waals surface area contributed by atoms with Gasteiger partial charge in [0.05, 0.1) is 12.9 Å². The third-order valence-corrected chi connectivity index (χ3v) is 1.50. The van der Waals surface area contributed by atoms with Crippen molar-refractivity contribution in [3.05, 3.63) is 12.8 Å². The number of rotatable bonds is 7. The number of amides is 1. The van der Waals surface area contributed by atoms with E-state index in [-0.39, 0.29) is 5.91 Å². The zero-order valence-corrected chi connectivity index (χ0v) is 9.01. The van der Waals surface area contributed by atoms with Crippen molar-refractivity contribution in [1.29, 1.82) is 0 Å². The number of hydrogen-bond acceptors (Lipinski definition) is 3. The van der Waals surface area contributed by atoms with Gasteiger partial charge in [-0.15, -0.1) is 0 Å². The fraction of sp³-hybridized carbons (Fsp3) is 0.700. The van der Waals surface area contributed by atoms with Crippen molar-refractivity contribution in [3.63, 3.8) is 0 Å². The maximum absolute atomic E-state index is 11.2. The number of hydrogen-bond donors (Lipinski definition) is 2. The van der Waals surface area contributed by atoms with Crippen molar-refractivity contribution in [2.24, 2.45) is 5.73 Å². The molecule has 0 spiro atoms. The molecule has 1 amide bonds. The molecule has 0 rings (SSSR count). The van der Waals surface area contributed by atoms with E-state index in [9.17, 15) is 4.79 Å². The molecule has 0 unspecified atom stereocenters. The Hall–Kier alpha value is -1.03. The third-order valence-electron chi connectivity index (χ3n) is 1.50. The van der Waals surface area contributed by atoms with Crippen LogP contribution in [-0.2, 0) is 9.53 Å². The molecule has 0 aromatic rings. The predicted molar refractivity (Wildman–Crippen MR) is 56.7 cm³/mol. The summed E-state index contributed by atoms with van der Waals surface area (Å²) in [5.74, 6) is -0.0175. The van der Waals surface area contributed by atoms with Gasteiger partial charge in [0, 0.05) is 18.5 Å². The molecule has 0 radical (unpaired) electrons. The van der Waals surface area contributed by atoms with E-state index in [0.29, 0.717) is 19.6 Å². The predicted octanol–water partition coefficient (Wildman–Crippen LogP) is 0.780. The van der Waals surface area contributed by atoms with E-state index >= 15 is 0 Å². The molecule has 0 atom stereocenters. The summed E-state index contributed by atoms with van der Waals surface area (Å²) < 4.78 is 4.90. The molecule has 4 nitrogen and oxygen atoms in total. The fourth-order valence-electron chi connectivity index (χ4n) is 0.943. The summed E-state index contributed by atoms with van der Waals surface area (Å²) >= 11 is 0. The van der Waals surface area contributed by atoms with Crippen molar-refractivity contribution in [1.82, 2.24) is 5.32 Å². The zero-order valence-electron chi connectivity index (χ0n) is 9.01. The molecule has 0 saturated heterocycles. The van der Waals surface area contributed by atoms with Crippen LogP contribution in [-0.4, -0.2) is 24.6 Å². The van der Waals surface area contributed by atoms with Gasteiger partial charge in [-0.2, -0.15) is 0 Å². The van der Waals surface area contributed by atoms with Gasteiger partial charge in [0.15, 0.2) is 0 Å². The number of nitrogens with two attached hydrogens (primary N) is 1. The maximum Gasteiger partial charge on any atom is 0.221 e. The van der Waals surface area contributed by atoms with Gasteiger partial charge >= 0.3 is 0 Å². The highest BCUT2D eigenvalue weighted by molar-refractivity contribution is 5.76. The number of carbonyl (C=O) groups excluding carboxylic acids is 1. The van der Waals surface area contributed by atoms with Gasteiger partial charge in [-0.1, -0.05) is 6.58 Å². The van der Waals surface area contributed by atoms with E-state index in [1.807, 2.05) is 13.8 Å². The number of ether oxygens (including phenoxy) is 1. The average Bonchev–Trinajstić information content (AvgIpc) is 2.00. The topological polar surface area (TPSA) is 64.3 Å². The second-order valence-corrected chi connectivity index (χ2v) is 3.91. The Kier molecular flexibility index (Phi) is 5.95. The highest BCUT2D eigenvalue weighted by Gasteiger charge is 2.15. The lowest BCUT2D eigenvalue weighted by Crippen LogP contribution is -2.39. The summed E-state index contributed by atoms with van der Waals surface area (Å²) in [5, 5.41) is 2.76. The van der Waals surface area contributed by atoms with E-state index < -0.39 is 5.54 Å². The number of nitrogens with one attached hydrogen (secondary N) is 1. The molecule has 0 saturated carbocycles. The average molecular weight is 200 g/mol. The minimum Gasteiger partial charge on any atom is -0.502 e. The summed E-state index contributed by atoms with van der Waals surface area (Å²) in [7, 11) is 0. The van der Waals surface area contributed by atoms with Gasteiger partial charge in [0.1, 0.15) is 0 Å². The molecule has 3 N–H and O–H groups in total. The van der Waals surface area contributed by atoms with Crippen LogP contribution in [0.25, 0.3) is 0 Å². The highest BCUT2D eigenvalue weighted by Crippen LogP contribution is 2.02. The first-order chi connectivity index (χ1) is 6.45. The molecule has 0 aromatic heterocycles. The van der Waals surface area contributed by atoms with Crippen LogP contribution in [0.1, 0.15) is 26.7 Å². The van der Waals surface area contributed by atoms with Crippen molar-refractivity contribution in [3.8, 4) is 0 Å². The van der Waals surface area contributed by atoms with Crippen LogP contribution in [0.4, 0.5) is 0 Å². The molecule has 0 aliphatic carbocycles. The Labute approximate surface area is 85.5 Å². The van der Waals surface area contributed by atoms with Gasteiger partial charge < -0.3 is 15.8 Å². The Morgan fingerprint density at radius 3 is 2.79 bits per heavy atom. The fourth-order valence-corrected chi connectivity index (χ4v) is 0.943. The Morgan fingerprint density at radius 2 is 2.29 bits per heavy atom. The molecule has 0 aliphatic heterocycles. The Morgan fingerprint density at radius 1 is 1.64 bits per heavy atom. The van der Waals surface area contributed by atoms with E-state index in [0.717, 1.165) is 6.42 Å². The Balaban J connectivity index is 3.41. The van der Waals surface area contributed by atoms with E-state index in [1.54, 1.807) is 0 Å². The first-order valence-corrected chi connectivity index (χ1v) is 4.74. The van der Waals surface area contributed by atoms with Gasteiger partial charge in [-0.05, 0) is 20.3 Å². The van der Waals surface area contributed by atoms with Crippen molar-refractivity contribution >= 4 is 5.91 Å². The lowest BCUT2D eigenvalue weighted by Gasteiger charge is -2.17. The van der Waals surface area contributed by atoms with Crippen LogP contribution in [0.3, 0.4) is 0 Å². The molecule has 4 heteroatoms. The SMILES string of the molecule is C=COCCCNC(=O)CC(C)(C)N. The van der Waals surface area contributed by atoms with Gasteiger partial charge in [0.25, 0.3) is 0 Å². The summed E-state index contributed by atoms with van der Waals surface area (Å²) in [4.78, 5) is 11.2. The lowest BCUT2D eigenvalue weighted by molar-refractivity contribution is -0.122. The quantitative estimate of drug-likeness (QED) is 0.471. The minimum absolute atomic E-state index is 0.0175. The molecule has 0 aromatic carbocycles. The summed E-state index contributed by atoms with van der Waals surface area (Å²) in [6.45, 7) is 8.26. The molecular formula is C10H20N2O2. The normalized spacial score (nSPS) is 10.8. The van der Waals surface area contributed by atoms with Gasteiger partial charge in [-0.3, -0.25) is 4.79 Å².